The molecule has 0 saturated heterocycles. The fourth-order valence-electron chi connectivity index (χ4n) is 1.38. The normalized spacial score (nSPS) is 11.6. The average molecular weight is 325 g/mol. The van der Waals surface area contributed by atoms with E-state index in [1.54, 1.807) is 11.6 Å². The quantitative estimate of drug-likeness (QED) is 0.939. The monoisotopic (exact) mass is 324 g/mol. The van der Waals surface area contributed by atoms with Crippen molar-refractivity contribution in [2.24, 2.45) is 0 Å². The van der Waals surface area contributed by atoms with Crippen molar-refractivity contribution in [2.75, 3.05) is 5.32 Å². The highest BCUT2D eigenvalue weighted by Gasteiger charge is 2.29. The van der Waals surface area contributed by atoms with Crippen LogP contribution in [0.3, 0.4) is 0 Å². The first-order chi connectivity index (χ1) is 9.37. The van der Waals surface area contributed by atoms with Gasteiger partial charge in [-0.2, -0.15) is 18.3 Å². The molecule has 2 aromatic heterocycles. The third kappa shape index (κ3) is 3.70. The van der Waals surface area contributed by atoms with Crippen LogP contribution in [-0.2, 0) is 13.1 Å². The smallest absolute Gasteiger partial charge is 0.376 e. The van der Waals surface area contributed by atoms with Crippen LogP contribution in [0.4, 0.5) is 18.9 Å². The summed E-state index contributed by atoms with van der Waals surface area (Å²) in [5, 5.41) is 8.44. The van der Waals surface area contributed by atoms with Gasteiger partial charge in [-0.05, 0) is 0 Å². The Morgan fingerprint density at radius 3 is 2.80 bits per heavy atom. The third-order valence-corrected chi connectivity index (χ3v) is 3.37. The summed E-state index contributed by atoms with van der Waals surface area (Å²) in [7, 11) is 0. The molecule has 2 aromatic rings. The van der Waals surface area contributed by atoms with Crippen LogP contribution in [0.2, 0.25) is 5.02 Å². The molecular formula is C10H8ClF3N4OS. The molecule has 0 atom stereocenters. The van der Waals surface area contributed by atoms with Crippen LogP contribution >= 0.6 is 22.9 Å². The van der Waals surface area contributed by atoms with Crippen LogP contribution in [0.25, 0.3) is 0 Å². The Kier molecular flexibility index (Phi) is 4.29. The maximum atomic E-state index is 12.2. The summed E-state index contributed by atoms with van der Waals surface area (Å²) in [6, 6.07) is 0. The Labute approximate surface area is 120 Å². The van der Waals surface area contributed by atoms with Crippen molar-refractivity contribution in [1.29, 1.82) is 0 Å². The maximum Gasteiger partial charge on any atom is 0.408 e. The molecule has 0 aliphatic carbocycles. The highest BCUT2D eigenvalue weighted by Crippen LogP contribution is 2.19. The van der Waals surface area contributed by atoms with Crippen molar-refractivity contribution in [3.63, 3.8) is 0 Å². The predicted molar refractivity (Wildman–Crippen MR) is 69.0 cm³/mol. The number of alkyl halides is 3. The Morgan fingerprint density at radius 1 is 1.45 bits per heavy atom. The Hall–Kier alpha value is -1.61. The molecule has 0 spiro atoms. The molecule has 10 heteroatoms. The largest absolute Gasteiger partial charge is 0.408 e. The van der Waals surface area contributed by atoms with E-state index in [-0.39, 0.29) is 15.4 Å². The molecule has 0 aromatic carbocycles. The molecule has 20 heavy (non-hydrogen) atoms. The molecule has 0 radical (unpaired) electrons. The van der Waals surface area contributed by atoms with E-state index >= 15 is 0 Å². The van der Waals surface area contributed by atoms with Gasteiger partial charge in [0, 0.05) is 11.6 Å². The first kappa shape index (κ1) is 14.8. The van der Waals surface area contributed by atoms with Crippen LogP contribution < -0.4 is 10.9 Å². The van der Waals surface area contributed by atoms with Crippen LogP contribution in [0, 0.1) is 0 Å². The van der Waals surface area contributed by atoms with Crippen molar-refractivity contribution in [3.8, 4) is 0 Å². The number of hydrogen-bond donors (Lipinski definition) is 1. The van der Waals surface area contributed by atoms with E-state index < -0.39 is 18.3 Å². The standard InChI is InChI=1S/C10H8ClF3N4OS/c11-8-6(16-4-7-15-1-2-20-7)3-17-18(9(8)19)5-10(12,13)14/h1-3,16H,4-5H2. The number of anilines is 1. The molecule has 0 unspecified atom stereocenters. The van der Waals surface area contributed by atoms with Crippen molar-refractivity contribution in [3.05, 3.63) is 38.2 Å². The summed E-state index contributed by atoms with van der Waals surface area (Å²) in [5.41, 5.74) is -0.821. The second-order valence-corrected chi connectivity index (χ2v) is 5.09. The van der Waals surface area contributed by atoms with Gasteiger partial charge in [0.2, 0.25) is 0 Å². The van der Waals surface area contributed by atoms with Gasteiger partial charge in [-0.15, -0.1) is 11.3 Å². The number of hydrogen-bond acceptors (Lipinski definition) is 5. The van der Waals surface area contributed by atoms with E-state index in [1.165, 1.54) is 11.3 Å². The van der Waals surface area contributed by atoms with Gasteiger partial charge in [0.05, 0.1) is 18.4 Å². The zero-order valence-electron chi connectivity index (χ0n) is 9.82. The van der Waals surface area contributed by atoms with Gasteiger partial charge in [-0.3, -0.25) is 4.79 Å². The minimum absolute atomic E-state index is 0.172. The summed E-state index contributed by atoms with van der Waals surface area (Å²) >= 11 is 7.14. The number of thiazole rings is 1. The number of halogens is 4. The number of nitrogens with one attached hydrogen (secondary N) is 1. The summed E-state index contributed by atoms with van der Waals surface area (Å²) in [6.07, 6.45) is -1.83. The Balaban J connectivity index is 2.16. The molecule has 0 amide bonds. The first-order valence-corrected chi connectivity index (χ1v) is 6.57. The second-order valence-electron chi connectivity index (χ2n) is 3.73. The van der Waals surface area contributed by atoms with Crippen molar-refractivity contribution in [1.82, 2.24) is 14.8 Å². The fraction of sp³-hybridized carbons (Fsp3) is 0.300. The van der Waals surface area contributed by atoms with Crippen LogP contribution in [0.15, 0.2) is 22.6 Å². The molecule has 0 saturated carbocycles. The third-order valence-electron chi connectivity index (χ3n) is 2.23. The lowest BCUT2D eigenvalue weighted by Crippen LogP contribution is -2.30. The van der Waals surface area contributed by atoms with E-state index in [1.807, 2.05) is 0 Å². The molecule has 1 N–H and O–H groups in total. The predicted octanol–water partition coefficient (Wildman–Crippen LogP) is 2.53. The van der Waals surface area contributed by atoms with E-state index in [2.05, 4.69) is 15.4 Å². The van der Waals surface area contributed by atoms with Gasteiger partial charge in [-0.1, -0.05) is 11.6 Å². The molecule has 108 valence electrons. The number of rotatable bonds is 4. The van der Waals surface area contributed by atoms with Gasteiger partial charge in [0.15, 0.2) is 0 Å². The van der Waals surface area contributed by atoms with E-state index in [9.17, 15) is 18.0 Å². The lowest BCUT2D eigenvalue weighted by atomic mass is 10.4. The van der Waals surface area contributed by atoms with Crippen molar-refractivity contribution < 1.29 is 13.2 Å². The molecule has 2 heterocycles. The minimum Gasteiger partial charge on any atom is -0.376 e. The zero-order valence-corrected chi connectivity index (χ0v) is 11.4. The van der Waals surface area contributed by atoms with Gasteiger partial charge in [0.1, 0.15) is 16.6 Å². The summed E-state index contributed by atoms with van der Waals surface area (Å²) in [5.74, 6) is 0. The summed E-state index contributed by atoms with van der Waals surface area (Å²) in [6.45, 7) is -1.17. The number of aromatic nitrogens is 3. The van der Waals surface area contributed by atoms with E-state index in [0.29, 0.717) is 6.54 Å². The van der Waals surface area contributed by atoms with Crippen molar-refractivity contribution in [2.45, 2.75) is 19.3 Å². The topological polar surface area (TPSA) is 59.8 Å². The van der Waals surface area contributed by atoms with Crippen LogP contribution in [-0.4, -0.2) is 20.9 Å². The molecule has 0 bridgehead atoms. The molecule has 0 fully saturated rings. The van der Waals surface area contributed by atoms with Gasteiger partial charge < -0.3 is 5.32 Å². The lowest BCUT2D eigenvalue weighted by Gasteiger charge is -2.11. The highest BCUT2D eigenvalue weighted by atomic mass is 35.5. The van der Waals surface area contributed by atoms with Crippen molar-refractivity contribution >= 4 is 28.6 Å². The Bertz CT molecular complexity index is 641. The van der Waals surface area contributed by atoms with E-state index in [0.717, 1.165) is 11.2 Å². The Morgan fingerprint density at radius 2 is 2.20 bits per heavy atom. The van der Waals surface area contributed by atoms with Gasteiger partial charge >= 0.3 is 6.18 Å². The van der Waals surface area contributed by atoms with Crippen LogP contribution in [0.1, 0.15) is 5.01 Å². The maximum absolute atomic E-state index is 12.2. The van der Waals surface area contributed by atoms with Crippen LogP contribution in [0.5, 0.6) is 0 Å². The fourth-order valence-corrected chi connectivity index (χ4v) is 2.15. The van der Waals surface area contributed by atoms with Gasteiger partial charge in [-0.25, -0.2) is 9.67 Å². The first-order valence-electron chi connectivity index (χ1n) is 5.31. The molecule has 0 aliphatic rings. The summed E-state index contributed by atoms with van der Waals surface area (Å²) in [4.78, 5) is 15.7. The lowest BCUT2D eigenvalue weighted by molar-refractivity contribution is -0.143. The summed E-state index contributed by atoms with van der Waals surface area (Å²) < 4.78 is 36.9. The highest BCUT2D eigenvalue weighted by molar-refractivity contribution is 7.09. The van der Waals surface area contributed by atoms with E-state index in [4.69, 9.17) is 11.6 Å². The SMILES string of the molecule is O=c1c(Cl)c(NCc2nccs2)cnn1CC(F)(F)F. The zero-order chi connectivity index (χ0) is 14.8. The van der Waals surface area contributed by atoms with Gasteiger partial charge in [0.25, 0.3) is 5.56 Å². The minimum atomic E-state index is -4.53. The molecular weight excluding hydrogens is 317 g/mol. The number of nitrogens with zero attached hydrogens (tertiary/aromatic N) is 3. The average Bonchev–Trinajstić information content (AvgIpc) is 2.86. The molecule has 2 rings (SSSR count). The second kappa shape index (κ2) is 5.80. The molecule has 0 aliphatic heterocycles. The molecule has 5 nitrogen and oxygen atoms in total.